The zero-order chi connectivity index (χ0) is 13.9. The third-order valence-electron chi connectivity index (χ3n) is 6.79. The van der Waals surface area contributed by atoms with Crippen LogP contribution in [0.2, 0.25) is 0 Å². The van der Waals surface area contributed by atoms with Crippen LogP contribution in [0.3, 0.4) is 0 Å². The molecule has 1 nitrogen and oxygen atoms in total. The van der Waals surface area contributed by atoms with Crippen molar-refractivity contribution in [1.82, 2.24) is 5.32 Å². The molecule has 3 fully saturated rings. The minimum Gasteiger partial charge on any atom is -0.313 e. The SMILES string of the molecule is CCCNC(C1CCCC(CC)C1)C1CC2CCC1C2. The molecule has 6 atom stereocenters. The molecular weight excluding hydrogens is 242 g/mol. The Hall–Kier alpha value is -0.0400. The maximum Gasteiger partial charge on any atom is 0.0126 e. The molecule has 2 bridgehead atoms. The summed E-state index contributed by atoms with van der Waals surface area (Å²) in [4.78, 5) is 0. The lowest BCUT2D eigenvalue weighted by molar-refractivity contribution is 0.136. The normalized spacial score (nSPS) is 42.0. The predicted octanol–water partition coefficient (Wildman–Crippen LogP) is 5.01. The van der Waals surface area contributed by atoms with Gasteiger partial charge in [-0.2, -0.15) is 0 Å². The molecule has 1 N–H and O–H groups in total. The van der Waals surface area contributed by atoms with Crippen LogP contribution in [-0.2, 0) is 0 Å². The largest absolute Gasteiger partial charge is 0.313 e. The third kappa shape index (κ3) is 3.08. The van der Waals surface area contributed by atoms with Crippen molar-refractivity contribution in [3.63, 3.8) is 0 Å². The van der Waals surface area contributed by atoms with Crippen LogP contribution in [0.15, 0.2) is 0 Å². The van der Waals surface area contributed by atoms with E-state index in [-0.39, 0.29) is 0 Å². The molecule has 0 aromatic rings. The van der Waals surface area contributed by atoms with Gasteiger partial charge in [-0.1, -0.05) is 39.5 Å². The predicted molar refractivity (Wildman–Crippen MR) is 86.8 cm³/mol. The number of fused-ring (bicyclic) bond motifs is 2. The first-order valence-electron chi connectivity index (χ1n) is 9.55. The third-order valence-corrected chi connectivity index (χ3v) is 6.79. The lowest BCUT2D eigenvalue weighted by Crippen LogP contribution is -2.46. The topological polar surface area (TPSA) is 12.0 Å². The molecule has 0 radical (unpaired) electrons. The van der Waals surface area contributed by atoms with Crippen molar-refractivity contribution in [2.75, 3.05) is 6.54 Å². The second kappa shape index (κ2) is 6.81. The van der Waals surface area contributed by atoms with E-state index in [4.69, 9.17) is 0 Å². The van der Waals surface area contributed by atoms with Crippen molar-refractivity contribution in [3.8, 4) is 0 Å². The smallest absolute Gasteiger partial charge is 0.0126 e. The summed E-state index contributed by atoms with van der Waals surface area (Å²) in [5.74, 6) is 5.22. The Bertz CT molecular complexity index is 300. The van der Waals surface area contributed by atoms with Gasteiger partial charge in [-0.3, -0.25) is 0 Å². The van der Waals surface area contributed by atoms with E-state index in [1.54, 1.807) is 25.7 Å². The quantitative estimate of drug-likeness (QED) is 0.720. The standard InChI is InChI=1S/C19H35N/c1-3-10-20-19(17-7-5-6-14(4-2)11-17)18-13-15-8-9-16(18)12-15/h14-20H,3-13H2,1-2H3. The molecular formula is C19H35N. The van der Waals surface area contributed by atoms with Gasteiger partial charge >= 0.3 is 0 Å². The van der Waals surface area contributed by atoms with Gasteiger partial charge in [0, 0.05) is 6.04 Å². The average molecular weight is 277 g/mol. The van der Waals surface area contributed by atoms with Gasteiger partial charge in [-0.25, -0.2) is 0 Å². The van der Waals surface area contributed by atoms with Crippen LogP contribution < -0.4 is 5.32 Å². The summed E-state index contributed by atoms with van der Waals surface area (Å²) >= 11 is 0. The molecule has 3 saturated carbocycles. The zero-order valence-corrected chi connectivity index (χ0v) is 13.7. The van der Waals surface area contributed by atoms with Crippen LogP contribution in [0.5, 0.6) is 0 Å². The Morgan fingerprint density at radius 2 is 1.90 bits per heavy atom. The molecule has 6 unspecified atom stereocenters. The maximum atomic E-state index is 4.01. The molecule has 3 aliphatic carbocycles. The second-order valence-electron chi connectivity index (χ2n) is 8.02. The van der Waals surface area contributed by atoms with Crippen molar-refractivity contribution in [2.24, 2.45) is 29.6 Å². The van der Waals surface area contributed by atoms with E-state index in [9.17, 15) is 0 Å². The lowest BCUT2D eigenvalue weighted by atomic mass is 9.70. The fraction of sp³-hybridized carbons (Fsp3) is 1.00. The fourth-order valence-electron chi connectivity index (χ4n) is 5.74. The van der Waals surface area contributed by atoms with Gasteiger partial charge in [0.25, 0.3) is 0 Å². The van der Waals surface area contributed by atoms with Crippen LogP contribution in [0.4, 0.5) is 0 Å². The molecule has 3 rings (SSSR count). The summed E-state index contributed by atoms with van der Waals surface area (Å²) < 4.78 is 0. The van der Waals surface area contributed by atoms with E-state index in [1.165, 1.54) is 45.1 Å². The summed E-state index contributed by atoms with van der Waals surface area (Å²) in [5, 5.41) is 4.01. The molecule has 0 aliphatic heterocycles. The Labute approximate surface area is 126 Å². The molecule has 0 saturated heterocycles. The summed E-state index contributed by atoms with van der Waals surface area (Å²) in [6, 6.07) is 0.861. The van der Waals surface area contributed by atoms with Crippen LogP contribution in [0, 0.1) is 29.6 Å². The fourth-order valence-corrected chi connectivity index (χ4v) is 5.74. The summed E-state index contributed by atoms with van der Waals surface area (Å²) in [5.41, 5.74) is 0. The Kier molecular flexibility index (Phi) is 5.07. The molecule has 0 aromatic heterocycles. The average Bonchev–Trinajstić information content (AvgIpc) is 3.11. The van der Waals surface area contributed by atoms with Gasteiger partial charge in [-0.05, 0) is 74.7 Å². The zero-order valence-electron chi connectivity index (χ0n) is 13.7. The van der Waals surface area contributed by atoms with Crippen molar-refractivity contribution >= 4 is 0 Å². The van der Waals surface area contributed by atoms with E-state index in [0.717, 1.165) is 35.6 Å². The molecule has 0 aromatic carbocycles. The molecule has 0 amide bonds. The van der Waals surface area contributed by atoms with Crippen molar-refractivity contribution in [3.05, 3.63) is 0 Å². The van der Waals surface area contributed by atoms with Crippen LogP contribution in [0.25, 0.3) is 0 Å². The van der Waals surface area contributed by atoms with E-state index in [2.05, 4.69) is 19.2 Å². The Morgan fingerprint density at radius 3 is 2.55 bits per heavy atom. The van der Waals surface area contributed by atoms with Crippen LogP contribution in [-0.4, -0.2) is 12.6 Å². The van der Waals surface area contributed by atoms with Crippen molar-refractivity contribution in [2.45, 2.75) is 84.1 Å². The highest BCUT2D eigenvalue weighted by Crippen LogP contribution is 2.51. The highest BCUT2D eigenvalue weighted by molar-refractivity contribution is 4.98. The molecule has 20 heavy (non-hydrogen) atoms. The summed E-state index contributed by atoms with van der Waals surface area (Å²) in [7, 11) is 0. The molecule has 1 heteroatoms. The van der Waals surface area contributed by atoms with Gasteiger partial charge in [0.1, 0.15) is 0 Å². The second-order valence-corrected chi connectivity index (χ2v) is 8.02. The highest BCUT2D eigenvalue weighted by atomic mass is 14.9. The molecule has 3 aliphatic rings. The first kappa shape index (κ1) is 14.9. The molecule has 116 valence electrons. The monoisotopic (exact) mass is 277 g/mol. The number of rotatable bonds is 6. The van der Waals surface area contributed by atoms with Gasteiger partial charge in [-0.15, -0.1) is 0 Å². The minimum atomic E-state index is 0.861. The maximum absolute atomic E-state index is 4.01. The van der Waals surface area contributed by atoms with Gasteiger partial charge in [0.15, 0.2) is 0 Å². The Balaban J connectivity index is 1.65. The van der Waals surface area contributed by atoms with E-state index >= 15 is 0 Å². The van der Waals surface area contributed by atoms with Gasteiger partial charge < -0.3 is 5.32 Å². The van der Waals surface area contributed by atoms with E-state index in [0.29, 0.717) is 0 Å². The lowest BCUT2D eigenvalue weighted by Gasteiger charge is -2.40. The Morgan fingerprint density at radius 1 is 1.00 bits per heavy atom. The first-order valence-corrected chi connectivity index (χ1v) is 9.55. The number of hydrogen-bond donors (Lipinski definition) is 1. The van der Waals surface area contributed by atoms with E-state index < -0.39 is 0 Å². The molecule has 0 spiro atoms. The van der Waals surface area contributed by atoms with E-state index in [1.807, 2.05) is 0 Å². The van der Waals surface area contributed by atoms with Gasteiger partial charge in [0.2, 0.25) is 0 Å². The molecule has 0 heterocycles. The van der Waals surface area contributed by atoms with Crippen molar-refractivity contribution < 1.29 is 0 Å². The van der Waals surface area contributed by atoms with Crippen LogP contribution in [0.1, 0.15) is 78.1 Å². The number of hydrogen-bond acceptors (Lipinski definition) is 1. The van der Waals surface area contributed by atoms with Gasteiger partial charge in [0.05, 0.1) is 0 Å². The first-order chi connectivity index (χ1) is 9.81. The minimum absolute atomic E-state index is 0.861. The van der Waals surface area contributed by atoms with Crippen LogP contribution >= 0.6 is 0 Å². The van der Waals surface area contributed by atoms with Crippen molar-refractivity contribution in [1.29, 1.82) is 0 Å². The summed E-state index contributed by atoms with van der Waals surface area (Å²) in [6.07, 6.45) is 14.9. The summed E-state index contributed by atoms with van der Waals surface area (Å²) in [6.45, 7) is 5.96. The number of nitrogens with one attached hydrogen (secondary N) is 1. The highest BCUT2D eigenvalue weighted by Gasteiger charge is 2.45.